The molecule has 0 atom stereocenters. The zero-order valence-electron chi connectivity index (χ0n) is 18.9. The number of aromatic nitrogens is 5. The van der Waals surface area contributed by atoms with Crippen molar-refractivity contribution in [1.82, 2.24) is 34.3 Å². The molecule has 0 unspecified atom stereocenters. The first-order chi connectivity index (χ1) is 16.0. The van der Waals surface area contributed by atoms with Crippen LogP contribution in [0, 0.1) is 13.8 Å². The minimum Gasteiger partial charge on any atom is -0.361 e. The highest BCUT2D eigenvalue weighted by Gasteiger charge is 2.22. The summed E-state index contributed by atoms with van der Waals surface area (Å²) in [6.07, 6.45) is 1.88. The van der Waals surface area contributed by atoms with Crippen molar-refractivity contribution >= 4 is 16.8 Å². The molecule has 5 rings (SSSR count). The number of carbonyl (C=O) groups excluding carboxylic acids is 1. The van der Waals surface area contributed by atoms with Gasteiger partial charge in [0, 0.05) is 67.1 Å². The highest BCUT2D eigenvalue weighted by Crippen LogP contribution is 2.17. The molecule has 0 bridgehead atoms. The van der Waals surface area contributed by atoms with E-state index in [1.165, 1.54) is 10.7 Å². The molecular weight excluding hydrogens is 418 g/mol. The average molecular weight is 446 g/mol. The Kier molecular flexibility index (Phi) is 5.55. The molecule has 33 heavy (non-hydrogen) atoms. The maximum atomic E-state index is 12.9. The molecule has 9 heteroatoms. The van der Waals surface area contributed by atoms with Gasteiger partial charge in [-0.25, -0.2) is 9.36 Å². The Hall–Kier alpha value is -3.72. The van der Waals surface area contributed by atoms with Gasteiger partial charge < -0.3 is 9.88 Å². The number of nitrogens with zero attached hydrogens (tertiary/aromatic N) is 6. The number of fused-ring (bicyclic) bond motifs is 1. The monoisotopic (exact) mass is 445 g/mol. The second-order valence-electron chi connectivity index (χ2n) is 8.51. The van der Waals surface area contributed by atoms with Crippen LogP contribution in [-0.4, -0.2) is 73.0 Å². The van der Waals surface area contributed by atoms with Crippen molar-refractivity contribution in [3.63, 3.8) is 0 Å². The van der Waals surface area contributed by atoms with Crippen LogP contribution in [-0.2, 0) is 6.54 Å². The number of benzene rings is 1. The summed E-state index contributed by atoms with van der Waals surface area (Å²) < 4.78 is 3.25. The first-order valence-electron chi connectivity index (χ1n) is 11.2. The number of nitrogens with one attached hydrogen (secondary N) is 1. The van der Waals surface area contributed by atoms with E-state index < -0.39 is 0 Å². The van der Waals surface area contributed by atoms with E-state index in [0.717, 1.165) is 35.4 Å². The Morgan fingerprint density at radius 2 is 1.79 bits per heavy atom. The first kappa shape index (κ1) is 21.1. The Morgan fingerprint density at radius 1 is 0.970 bits per heavy atom. The molecule has 1 aliphatic rings. The summed E-state index contributed by atoms with van der Waals surface area (Å²) >= 11 is 0. The van der Waals surface area contributed by atoms with Gasteiger partial charge in [0.25, 0.3) is 11.5 Å². The van der Waals surface area contributed by atoms with E-state index in [1.54, 1.807) is 10.7 Å². The first-order valence-corrected chi connectivity index (χ1v) is 11.2. The fourth-order valence-corrected chi connectivity index (χ4v) is 4.35. The zero-order valence-corrected chi connectivity index (χ0v) is 18.9. The van der Waals surface area contributed by atoms with Crippen LogP contribution in [0.2, 0.25) is 0 Å². The van der Waals surface area contributed by atoms with Gasteiger partial charge in [0.1, 0.15) is 0 Å². The van der Waals surface area contributed by atoms with Crippen molar-refractivity contribution in [3.8, 4) is 5.82 Å². The van der Waals surface area contributed by atoms with Crippen molar-refractivity contribution in [3.05, 3.63) is 76.0 Å². The molecule has 0 saturated carbocycles. The molecular formula is C24H27N7O2. The Labute approximate surface area is 191 Å². The normalized spacial score (nSPS) is 14.8. The number of piperazine rings is 1. The SMILES string of the molecule is Cc1cc(C)n(-c2ccc(=O)n(CCN3CCN(C(=O)c4ccc5[nH]ccc5c4)CC3)n2)n1. The number of rotatable bonds is 5. The molecule has 9 nitrogen and oxygen atoms in total. The highest BCUT2D eigenvalue weighted by molar-refractivity contribution is 5.98. The molecule has 1 amide bonds. The summed E-state index contributed by atoms with van der Waals surface area (Å²) in [5, 5.41) is 10.0. The van der Waals surface area contributed by atoms with Crippen molar-refractivity contribution in [2.45, 2.75) is 20.4 Å². The summed E-state index contributed by atoms with van der Waals surface area (Å²) in [6, 6.07) is 13.0. The largest absolute Gasteiger partial charge is 0.361 e. The van der Waals surface area contributed by atoms with Crippen LogP contribution in [0.1, 0.15) is 21.7 Å². The minimum atomic E-state index is -0.130. The third kappa shape index (κ3) is 4.31. The van der Waals surface area contributed by atoms with Gasteiger partial charge in [-0.3, -0.25) is 14.5 Å². The van der Waals surface area contributed by atoms with E-state index in [-0.39, 0.29) is 11.5 Å². The molecule has 1 aromatic carbocycles. The molecule has 1 N–H and O–H groups in total. The van der Waals surface area contributed by atoms with Crippen LogP contribution in [0.4, 0.5) is 0 Å². The molecule has 0 aliphatic carbocycles. The fraction of sp³-hybridized carbons (Fsp3) is 0.333. The lowest BCUT2D eigenvalue weighted by Gasteiger charge is -2.34. The molecule has 0 spiro atoms. The maximum Gasteiger partial charge on any atom is 0.266 e. The van der Waals surface area contributed by atoms with Gasteiger partial charge in [0.15, 0.2) is 5.82 Å². The van der Waals surface area contributed by atoms with Gasteiger partial charge in [0.05, 0.1) is 12.2 Å². The third-order valence-corrected chi connectivity index (χ3v) is 6.17. The summed E-state index contributed by atoms with van der Waals surface area (Å²) in [5.74, 6) is 0.697. The van der Waals surface area contributed by atoms with Gasteiger partial charge in [-0.1, -0.05) is 0 Å². The molecule has 170 valence electrons. The van der Waals surface area contributed by atoms with Gasteiger partial charge in [-0.05, 0) is 50.2 Å². The molecule has 1 saturated heterocycles. The molecule has 4 aromatic rings. The van der Waals surface area contributed by atoms with E-state index in [1.807, 2.05) is 55.3 Å². The van der Waals surface area contributed by atoms with Crippen LogP contribution in [0.3, 0.4) is 0 Å². The number of aryl methyl sites for hydroxylation is 2. The summed E-state index contributed by atoms with van der Waals surface area (Å²) in [7, 11) is 0. The van der Waals surface area contributed by atoms with E-state index in [2.05, 4.69) is 20.1 Å². The number of amides is 1. The number of hydrogen-bond acceptors (Lipinski definition) is 5. The van der Waals surface area contributed by atoms with Gasteiger partial charge in [-0.15, -0.1) is 5.10 Å². The van der Waals surface area contributed by atoms with E-state index in [9.17, 15) is 9.59 Å². The molecule has 1 fully saturated rings. The van der Waals surface area contributed by atoms with E-state index in [0.29, 0.717) is 37.6 Å². The maximum absolute atomic E-state index is 12.9. The van der Waals surface area contributed by atoms with Crippen LogP contribution in [0.25, 0.3) is 16.7 Å². The van der Waals surface area contributed by atoms with E-state index in [4.69, 9.17) is 0 Å². The summed E-state index contributed by atoms with van der Waals surface area (Å²) in [6.45, 7) is 7.95. The van der Waals surface area contributed by atoms with Crippen molar-refractivity contribution in [2.75, 3.05) is 32.7 Å². The van der Waals surface area contributed by atoms with Crippen LogP contribution in [0.15, 0.2) is 53.5 Å². The topological polar surface area (TPSA) is 92.1 Å². The molecule has 4 heterocycles. The van der Waals surface area contributed by atoms with Gasteiger partial charge in [0.2, 0.25) is 0 Å². The molecule has 3 aromatic heterocycles. The number of hydrogen-bond donors (Lipinski definition) is 1. The molecule has 0 radical (unpaired) electrons. The quantitative estimate of drug-likeness (QED) is 0.507. The summed E-state index contributed by atoms with van der Waals surface area (Å²) in [5.41, 5.74) is 3.50. The minimum absolute atomic E-state index is 0.0632. The Morgan fingerprint density at radius 3 is 2.55 bits per heavy atom. The van der Waals surface area contributed by atoms with Gasteiger partial charge in [-0.2, -0.15) is 5.10 Å². The lowest BCUT2D eigenvalue weighted by atomic mass is 10.1. The number of H-pyrrole nitrogens is 1. The Bertz CT molecular complexity index is 1360. The second kappa shape index (κ2) is 8.67. The highest BCUT2D eigenvalue weighted by atomic mass is 16.2. The smallest absolute Gasteiger partial charge is 0.266 e. The van der Waals surface area contributed by atoms with Gasteiger partial charge >= 0.3 is 0 Å². The van der Waals surface area contributed by atoms with Crippen LogP contribution in [0.5, 0.6) is 0 Å². The second-order valence-corrected chi connectivity index (χ2v) is 8.51. The van der Waals surface area contributed by atoms with Crippen molar-refractivity contribution in [2.24, 2.45) is 0 Å². The van der Waals surface area contributed by atoms with Crippen molar-refractivity contribution < 1.29 is 4.79 Å². The Balaban J connectivity index is 1.19. The standard InChI is InChI=1S/C24H27N7O2/c1-17-15-18(2)31(26-17)22-5-6-23(32)30(27-22)14-11-28-9-12-29(13-10-28)24(33)20-3-4-21-19(16-20)7-8-25-21/h3-8,15-16,25H,9-14H2,1-2H3. The van der Waals surface area contributed by atoms with Crippen LogP contribution < -0.4 is 5.56 Å². The number of aromatic amines is 1. The van der Waals surface area contributed by atoms with E-state index >= 15 is 0 Å². The van der Waals surface area contributed by atoms with Crippen molar-refractivity contribution in [1.29, 1.82) is 0 Å². The predicted molar refractivity (Wildman–Crippen MR) is 126 cm³/mol. The molecule has 1 aliphatic heterocycles. The lowest BCUT2D eigenvalue weighted by Crippen LogP contribution is -2.49. The lowest BCUT2D eigenvalue weighted by molar-refractivity contribution is 0.0631. The zero-order chi connectivity index (χ0) is 22.9. The number of carbonyl (C=O) groups is 1. The fourth-order valence-electron chi connectivity index (χ4n) is 4.35. The summed E-state index contributed by atoms with van der Waals surface area (Å²) in [4.78, 5) is 32.6. The van der Waals surface area contributed by atoms with Crippen LogP contribution >= 0.6 is 0 Å². The third-order valence-electron chi connectivity index (χ3n) is 6.17. The predicted octanol–water partition coefficient (Wildman–Crippen LogP) is 1.99. The average Bonchev–Trinajstić information content (AvgIpc) is 3.43.